The fraction of sp³-hybridized carbons (Fsp3) is 0.500. The zero-order chi connectivity index (χ0) is 15.3. The van der Waals surface area contributed by atoms with Crippen molar-refractivity contribution in [3.05, 3.63) is 42.4 Å². The number of nitrogens with zero attached hydrogens (tertiary/aromatic N) is 2. The summed E-state index contributed by atoms with van der Waals surface area (Å²) >= 11 is 0. The van der Waals surface area contributed by atoms with Crippen molar-refractivity contribution in [3.8, 4) is 0 Å². The first-order valence-electron chi connectivity index (χ1n) is 6.78. The van der Waals surface area contributed by atoms with E-state index >= 15 is 0 Å². The summed E-state index contributed by atoms with van der Waals surface area (Å²) in [5.41, 5.74) is 0. The molecule has 1 atom stereocenters. The Hall–Kier alpha value is -1.76. The van der Waals surface area contributed by atoms with Crippen LogP contribution in [-0.4, -0.2) is 22.3 Å². The van der Waals surface area contributed by atoms with Gasteiger partial charge in [0.1, 0.15) is 17.6 Å². The Morgan fingerprint density at radius 3 is 2.76 bits per heavy atom. The van der Waals surface area contributed by atoms with Crippen LogP contribution in [0.2, 0.25) is 0 Å². The van der Waals surface area contributed by atoms with E-state index in [-0.39, 0.29) is 12.5 Å². The lowest BCUT2D eigenvalue weighted by molar-refractivity contribution is -0.135. The number of halogens is 3. The molecule has 2 rings (SSSR count). The van der Waals surface area contributed by atoms with E-state index in [9.17, 15) is 13.2 Å². The standard InChI is InChI=1S/C14H18F3N3O/c1-20-9-8-19-13(20)12(11-5-4-10-21-11)18-7-3-2-6-14(15,16)17/h4-5,8-10,12,18H,2-3,6-7H2,1H3. The van der Waals surface area contributed by atoms with Gasteiger partial charge in [0.25, 0.3) is 0 Å². The fourth-order valence-electron chi connectivity index (χ4n) is 2.13. The minimum atomic E-state index is -4.08. The first-order valence-corrected chi connectivity index (χ1v) is 6.78. The molecule has 0 aliphatic carbocycles. The van der Waals surface area contributed by atoms with Crippen molar-refractivity contribution < 1.29 is 17.6 Å². The monoisotopic (exact) mass is 301 g/mol. The Morgan fingerprint density at radius 2 is 2.19 bits per heavy atom. The lowest BCUT2D eigenvalue weighted by Gasteiger charge is -2.16. The number of imidazole rings is 1. The number of furan rings is 1. The number of alkyl halides is 3. The molecule has 0 saturated heterocycles. The molecule has 1 unspecified atom stereocenters. The molecule has 2 aromatic heterocycles. The van der Waals surface area contributed by atoms with Crippen molar-refractivity contribution in [1.29, 1.82) is 0 Å². The van der Waals surface area contributed by atoms with Crippen LogP contribution in [-0.2, 0) is 7.05 Å². The van der Waals surface area contributed by atoms with Gasteiger partial charge >= 0.3 is 6.18 Å². The SMILES string of the molecule is Cn1ccnc1C(NCCCCC(F)(F)F)c1ccco1. The topological polar surface area (TPSA) is 43.0 Å². The average Bonchev–Trinajstić information content (AvgIpc) is 3.04. The number of rotatable bonds is 7. The summed E-state index contributed by atoms with van der Waals surface area (Å²) in [4.78, 5) is 4.27. The predicted molar refractivity (Wildman–Crippen MR) is 71.7 cm³/mol. The Bertz CT molecular complexity index is 534. The number of aromatic nitrogens is 2. The van der Waals surface area contributed by atoms with Gasteiger partial charge in [-0.2, -0.15) is 13.2 Å². The molecule has 7 heteroatoms. The summed E-state index contributed by atoms with van der Waals surface area (Å²) in [6.45, 7) is 0.467. The minimum absolute atomic E-state index is 0.113. The zero-order valence-corrected chi connectivity index (χ0v) is 11.7. The van der Waals surface area contributed by atoms with Gasteiger partial charge in [0, 0.05) is 25.9 Å². The number of unbranched alkanes of at least 4 members (excludes halogenated alkanes) is 1. The van der Waals surface area contributed by atoms with Gasteiger partial charge in [-0.25, -0.2) is 4.98 Å². The first kappa shape index (κ1) is 15.6. The van der Waals surface area contributed by atoms with E-state index < -0.39 is 12.6 Å². The Labute approximate surface area is 121 Å². The molecule has 0 aliphatic heterocycles. The van der Waals surface area contributed by atoms with Crippen molar-refractivity contribution in [2.45, 2.75) is 31.5 Å². The maximum absolute atomic E-state index is 12.1. The van der Waals surface area contributed by atoms with Crippen molar-refractivity contribution in [2.75, 3.05) is 6.54 Å². The highest BCUT2D eigenvalue weighted by Gasteiger charge is 2.26. The summed E-state index contributed by atoms with van der Waals surface area (Å²) in [5, 5.41) is 3.21. The zero-order valence-electron chi connectivity index (χ0n) is 11.7. The predicted octanol–water partition coefficient (Wildman–Crippen LogP) is 3.42. The third kappa shape index (κ3) is 4.63. The van der Waals surface area contributed by atoms with Crippen LogP contribution >= 0.6 is 0 Å². The van der Waals surface area contributed by atoms with Crippen LogP contribution in [0.25, 0.3) is 0 Å². The van der Waals surface area contributed by atoms with Crippen LogP contribution < -0.4 is 5.32 Å². The minimum Gasteiger partial charge on any atom is -0.467 e. The first-order chi connectivity index (χ1) is 9.97. The normalized spacial score (nSPS) is 13.5. The summed E-state index contributed by atoms with van der Waals surface area (Å²) in [6.07, 6.45) is 0.787. The molecule has 21 heavy (non-hydrogen) atoms. The summed E-state index contributed by atoms with van der Waals surface area (Å²) in [6, 6.07) is 3.34. The molecule has 116 valence electrons. The second kappa shape index (κ2) is 6.80. The van der Waals surface area contributed by atoms with Gasteiger partial charge in [-0.3, -0.25) is 0 Å². The van der Waals surface area contributed by atoms with Crippen LogP contribution in [0.15, 0.2) is 35.2 Å². The maximum atomic E-state index is 12.1. The number of hydrogen-bond donors (Lipinski definition) is 1. The molecule has 0 saturated carbocycles. The van der Waals surface area contributed by atoms with Gasteiger partial charge in [0.15, 0.2) is 0 Å². The lowest BCUT2D eigenvalue weighted by Crippen LogP contribution is -2.26. The van der Waals surface area contributed by atoms with Gasteiger partial charge in [0.2, 0.25) is 0 Å². The third-order valence-electron chi connectivity index (χ3n) is 3.18. The van der Waals surface area contributed by atoms with E-state index in [1.807, 2.05) is 23.9 Å². The van der Waals surface area contributed by atoms with Crippen molar-refractivity contribution in [1.82, 2.24) is 14.9 Å². The van der Waals surface area contributed by atoms with Crippen LogP contribution in [0.3, 0.4) is 0 Å². The number of nitrogens with one attached hydrogen (secondary N) is 1. The van der Waals surface area contributed by atoms with Gasteiger partial charge in [0.05, 0.1) is 6.26 Å². The largest absolute Gasteiger partial charge is 0.467 e. The van der Waals surface area contributed by atoms with E-state index in [4.69, 9.17) is 4.42 Å². The van der Waals surface area contributed by atoms with Crippen LogP contribution in [0.5, 0.6) is 0 Å². The van der Waals surface area contributed by atoms with Crippen molar-refractivity contribution in [2.24, 2.45) is 7.05 Å². The van der Waals surface area contributed by atoms with Crippen molar-refractivity contribution >= 4 is 0 Å². The molecule has 0 bridgehead atoms. The van der Waals surface area contributed by atoms with E-state index in [2.05, 4.69) is 10.3 Å². The van der Waals surface area contributed by atoms with Gasteiger partial charge in [-0.1, -0.05) is 0 Å². The van der Waals surface area contributed by atoms with Gasteiger partial charge < -0.3 is 14.3 Å². The molecule has 0 aromatic carbocycles. The molecular weight excluding hydrogens is 283 g/mol. The van der Waals surface area contributed by atoms with Crippen LogP contribution in [0.1, 0.15) is 36.9 Å². The summed E-state index contributed by atoms with van der Waals surface area (Å²) < 4.78 is 43.5. The molecule has 1 N–H and O–H groups in total. The Kier molecular flexibility index (Phi) is 5.06. The Morgan fingerprint density at radius 1 is 1.38 bits per heavy atom. The summed E-state index contributed by atoms with van der Waals surface area (Å²) in [7, 11) is 1.86. The lowest BCUT2D eigenvalue weighted by atomic mass is 10.2. The van der Waals surface area contributed by atoms with Crippen molar-refractivity contribution in [3.63, 3.8) is 0 Å². The quantitative estimate of drug-likeness (QED) is 0.797. The molecule has 4 nitrogen and oxygen atoms in total. The van der Waals surface area contributed by atoms with Crippen LogP contribution in [0, 0.1) is 0 Å². The van der Waals surface area contributed by atoms with Crippen LogP contribution in [0.4, 0.5) is 13.2 Å². The third-order valence-corrected chi connectivity index (χ3v) is 3.18. The highest BCUT2D eigenvalue weighted by Crippen LogP contribution is 2.23. The molecule has 0 radical (unpaired) electrons. The van der Waals surface area contributed by atoms with E-state index in [1.165, 1.54) is 0 Å². The molecule has 0 amide bonds. The molecular formula is C14H18F3N3O. The number of hydrogen-bond acceptors (Lipinski definition) is 3. The molecule has 0 spiro atoms. The Balaban J connectivity index is 1.91. The highest BCUT2D eigenvalue weighted by molar-refractivity contribution is 5.15. The fourth-order valence-corrected chi connectivity index (χ4v) is 2.13. The smallest absolute Gasteiger partial charge is 0.389 e. The highest BCUT2D eigenvalue weighted by atomic mass is 19.4. The second-order valence-corrected chi connectivity index (χ2v) is 4.87. The van der Waals surface area contributed by atoms with E-state index in [1.54, 1.807) is 18.5 Å². The number of aryl methyl sites for hydroxylation is 1. The molecule has 2 aromatic rings. The molecule has 0 fully saturated rings. The van der Waals surface area contributed by atoms with E-state index in [0.29, 0.717) is 18.7 Å². The van der Waals surface area contributed by atoms with E-state index in [0.717, 1.165) is 5.82 Å². The molecule has 2 heterocycles. The average molecular weight is 301 g/mol. The van der Waals surface area contributed by atoms with Gasteiger partial charge in [-0.05, 0) is 31.5 Å². The second-order valence-electron chi connectivity index (χ2n) is 4.87. The van der Waals surface area contributed by atoms with Gasteiger partial charge in [-0.15, -0.1) is 0 Å². The summed E-state index contributed by atoms with van der Waals surface area (Å²) in [5.74, 6) is 1.46. The molecule has 0 aliphatic rings. The maximum Gasteiger partial charge on any atom is 0.389 e.